The van der Waals surface area contributed by atoms with E-state index in [4.69, 9.17) is 4.74 Å². The number of aromatic nitrogens is 1. The number of pyridine rings is 1. The van der Waals surface area contributed by atoms with E-state index in [1.165, 1.54) is 6.07 Å². The Kier molecular flexibility index (Phi) is 4.87. The lowest BCUT2D eigenvalue weighted by molar-refractivity contribution is -0.138. The Bertz CT molecular complexity index is 1030. The first-order chi connectivity index (χ1) is 14.0. The number of carbonyl (C=O) groups excluding carboxylic acids is 1. The molecular weight excluding hydrogens is 486 g/mol. The van der Waals surface area contributed by atoms with Crippen LogP contribution in [0.3, 0.4) is 0 Å². The Morgan fingerprint density at radius 3 is 2.70 bits per heavy atom. The number of fused-ring (bicyclic) bond motifs is 2. The van der Waals surface area contributed by atoms with Crippen molar-refractivity contribution in [1.82, 2.24) is 4.98 Å². The normalized spacial score (nSPS) is 20.8. The predicted molar refractivity (Wildman–Crippen MR) is 93.8 cm³/mol. The molecule has 12 heteroatoms. The zero-order valence-corrected chi connectivity index (χ0v) is 16.4. The molecule has 1 atom stereocenters. The first-order valence-corrected chi connectivity index (χ1v) is 9.30. The van der Waals surface area contributed by atoms with Crippen LogP contribution in [0, 0.1) is 5.82 Å². The Balaban J connectivity index is 1.88. The van der Waals surface area contributed by atoms with E-state index in [9.17, 15) is 31.1 Å². The van der Waals surface area contributed by atoms with Crippen molar-refractivity contribution in [2.75, 3.05) is 11.5 Å². The van der Waals surface area contributed by atoms with Gasteiger partial charge >= 0.3 is 18.9 Å². The number of nitrogens with zero attached hydrogens (tertiary/aromatic N) is 2. The minimum atomic E-state index is -4.87. The fourth-order valence-electron chi connectivity index (χ4n) is 3.84. The minimum Gasteiger partial charge on any atom is -0.446 e. The van der Waals surface area contributed by atoms with Crippen molar-refractivity contribution in [3.8, 4) is 5.75 Å². The van der Waals surface area contributed by atoms with E-state index in [2.05, 4.69) is 25.7 Å². The van der Waals surface area contributed by atoms with Crippen molar-refractivity contribution >= 4 is 27.8 Å². The lowest BCUT2D eigenvalue weighted by atomic mass is 9.91. The third-order valence-corrected chi connectivity index (χ3v) is 5.73. The van der Waals surface area contributed by atoms with Crippen molar-refractivity contribution in [3.05, 3.63) is 51.4 Å². The summed E-state index contributed by atoms with van der Waals surface area (Å²) in [5, 5.41) is 0. The Labute approximate surface area is 173 Å². The Morgan fingerprint density at radius 2 is 2.03 bits per heavy atom. The molecule has 2 heterocycles. The van der Waals surface area contributed by atoms with Gasteiger partial charge < -0.3 is 9.47 Å². The van der Waals surface area contributed by atoms with Gasteiger partial charge in [-0.05, 0) is 52.0 Å². The quantitative estimate of drug-likeness (QED) is 0.533. The highest BCUT2D eigenvalue weighted by Crippen LogP contribution is 2.50. The molecule has 0 unspecified atom stereocenters. The number of rotatable bonds is 3. The van der Waals surface area contributed by atoms with Gasteiger partial charge in [-0.2, -0.15) is 22.0 Å². The lowest BCUT2D eigenvalue weighted by Crippen LogP contribution is -2.44. The van der Waals surface area contributed by atoms with Gasteiger partial charge in [0.2, 0.25) is 0 Å². The average molecular weight is 497 g/mol. The number of benzene rings is 1. The topological polar surface area (TPSA) is 51.7 Å². The third kappa shape index (κ3) is 3.17. The van der Waals surface area contributed by atoms with Gasteiger partial charge in [-0.1, -0.05) is 6.07 Å². The van der Waals surface area contributed by atoms with E-state index in [0.717, 1.165) is 4.90 Å². The molecule has 0 saturated carbocycles. The van der Waals surface area contributed by atoms with Crippen LogP contribution < -0.4 is 9.64 Å². The summed E-state index contributed by atoms with van der Waals surface area (Å²) in [5.41, 5.74) is -2.00. The second-order valence-corrected chi connectivity index (χ2v) is 7.59. The number of hydrogen-bond donors (Lipinski definition) is 0. The lowest BCUT2D eigenvalue weighted by Gasteiger charge is -2.32. The summed E-state index contributed by atoms with van der Waals surface area (Å²) in [6, 6.07) is 3.30. The minimum absolute atomic E-state index is 0.151. The molecule has 1 amide bonds. The molecule has 1 aliphatic carbocycles. The maximum atomic E-state index is 14.5. The van der Waals surface area contributed by atoms with Crippen LogP contribution in [-0.4, -0.2) is 24.3 Å². The van der Waals surface area contributed by atoms with Crippen LogP contribution in [0.5, 0.6) is 5.75 Å². The number of ether oxygens (including phenoxy) is 2. The van der Waals surface area contributed by atoms with Crippen LogP contribution in [0.25, 0.3) is 0 Å². The molecule has 5 nitrogen and oxygen atoms in total. The van der Waals surface area contributed by atoms with E-state index in [0.29, 0.717) is 17.8 Å². The maximum Gasteiger partial charge on any atom is 0.418 e. The molecule has 1 aromatic carbocycles. The Morgan fingerprint density at radius 1 is 1.30 bits per heavy atom. The second-order valence-electron chi connectivity index (χ2n) is 6.73. The number of cyclic esters (lactones) is 1. The van der Waals surface area contributed by atoms with E-state index >= 15 is 0 Å². The summed E-state index contributed by atoms with van der Waals surface area (Å²) in [4.78, 5) is 17.0. The molecule has 0 N–H and O–H groups in total. The van der Waals surface area contributed by atoms with Gasteiger partial charge in [-0.25, -0.2) is 19.1 Å². The number of hydrogen-bond acceptors (Lipinski definition) is 4. The van der Waals surface area contributed by atoms with E-state index in [1.807, 2.05) is 0 Å². The third-order valence-electron chi connectivity index (χ3n) is 5.12. The molecule has 30 heavy (non-hydrogen) atoms. The number of alkyl halides is 5. The van der Waals surface area contributed by atoms with Crippen molar-refractivity contribution in [3.63, 3.8) is 0 Å². The molecular formula is C18H11BrF6N2O3. The number of carbonyl (C=O) groups is 1. The summed E-state index contributed by atoms with van der Waals surface area (Å²) in [7, 11) is 0. The van der Waals surface area contributed by atoms with Crippen LogP contribution in [-0.2, 0) is 22.9 Å². The first kappa shape index (κ1) is 20.8. The van der Waals surface area contributed by atoms with Gasteiger partial charge in [0.15, 0.2) is 11.6 Å². The van der Waals surface area contributed by atoms with Crippen LogP contribution >= 0.6 is 15.9 Å². The van der Waals surface area contributed by atoms with Crippen molar-refractivity contribution < 1.29 is 40.6 Å². The molecule has 1 fully saturated rings. The SMILES string of the molecule is O=C1OC[C@]2(CCc3c2ccc(Br)c3F)N1c1ncc(C(F)(F)F)cc1OC(F)F. The van der Waals surface area contributed by atoms with E-state index < -0.39 is 47.4 Å². The van der Waals surface area contributed by atoms with Gasteiger partial charge in [-0.3, -0.25) is 0 Å². The summed E-state index contributed by atoms with van der Waals surface area (Å²) in [6.07, 6.45) is -5.13. The first-order valence-electron chi connectivity index (χ1n) is 8.51. The van der Waals surface area contributed by atoms with Gasteiger partial charge in [-0.15, -0.1) is 0 Å². The fraction of sp³-hybridized carbons (Fsp3) is 0.333. The molecule has 1 saturated heterocycles. The molecule has 2 aliphatic rings. The predicted octanol–water partition coefficient (Wildman–Crippen LogP) is 5.40. The average Bonchev–Trinajstić information content (AvgIpc) is 3.19. The summed E-state index contributed by atoms with van der Waals surface area (Å²) >= 11 is 3.07. The van der Waals surface area contributed by atoms with Crippen molar-refractivity contribution in [2.24, 2.45) is 0 Å². The zero-order chi connectivity index (χ0) is 21.8. The highest BCUT2D eigenvalue weighted by atomic mass is 79.9. The van der Waals surface area contributed by atoms with Crippen LogP contribution in [0.4, 0.5) is 37.0 Å². The zero-order valence-electron chi connectivity index (χ0n) is 14.8. The number of anilines is 1. The molecule has 0 radical (unpaired) electrons. The van der Waals surface area contributed by atoms with Crippen LogP contribution in [0.2, 0.25) is 0 Å². The standard InChI is InChI=1S/C18H11BrF6N2O3/c19-11-2-1-10-9(13(11)20)3-4-17(10)7-29-16(28)27(17)14-12(30-15(21)22)5-8(6-26-14)18(23,24)25/h1-2,5-6,15H,3-4,7H2/t17-/m0/s1. The number of halogens is 7. The molecule has 1 spiro atoms. The van der Waals surface area contributed by atoms with Crippen molar-refractivity contribution in [1.29, 1.82) is 0 Å². The number of amides is 1. The van der Waals surface area contributed by atoms with Crippen LogP contribution in [0.15, 0.2) is 28.9 Å². The molecule has 160 valence electrons. The van der Waals surface area contributed by atoms with Gasteiger partial charge in [0.25, 0.3) is 0 Å². The molecule has 2 aromatic rings. The fourth-order valence-corrected chi connectivity index (χ4v) is 4.21. The van der Waals surface area contributed by atoms with E-state index in [1.54, 1.807) is 6.07 Å². The summed E-state index contributed by atoms with van der Waals surface area (Å²) in [6.45, 7) is -3.72. The highest BCUT2D eigenvalue weighted by Gasteiger charge is 2.55. The van der Waals surface area contributed by atoms with Gasteiger partial charge in [0, 0.05) is 6.20 Å². The highest BCUT2D eigenvalue weighted by molar-refractivity contribution is 9.10. The van der Waals surface area contributed by atoms with Crippen molar-refractivity contribution in [2.45, 2.75) is 31.2 Å². The maximum absolute atomic E-state index is 14.5. The summed E-state index contributed by atoms with van der Waals surface area (Å²) < 4.78 is 89.0. The smallest absolute Gasteiger partial charge is 0.418 e. The monoisotopic (exact) mass is 496 g/mol. The van der Waals surface area contributed by atoms with E-state index in [-0.39, 0.29) is 29.5 Å². The Hall–Kier alpha value is -2.50. The summed E-state index contributed by atoms with van der Waals surface area (Å²) in [5.74, 6) is -2.06. The molecule has 1 aliphatic heterocycles. The van der Waals surface area contributed by atoms with Crippen LogP contribution in [0.1, 0.15) is 23.1 Å². The van der Waals surface area contributed by atoms with Gasteiger partial charge in [0.05, 0.1) is 10.0 Å². The molecule has 4 rings (SSSR count). The second kappa shape index (κ2) is 7.03. The molecule has 0 bridgehead atoms. The molecule has 1 aromatic heterocycles. The van der Waals surface area contributed by atoms with Gasteiger partial charge in [0.1, 0.15) is 18.0 Å². The largest absolute Gasteiger partial charge is 0.446 e.